The van der Waals surface area contributed by atoms with Gasteiger partial charge in [0.25, 0.3) is 0 Å². The summed E-state index contributed by atoms with van der Waals surface area (Å²) < 4.78 is 16.8. The molecular weight excluding hydrogens is 949 g/mol. The van der Waals surface area contributed by atoms with Crippen molar-refractivity contribution in [2.45, 2.75) is 232 Å². The van der Waals surface area contributed by atoms with Crippen LogP contribution in [0.15, 0.2) is 182 Å². The molecule has 0 radical (unpaired) electrons. The number of allylic oxidation sites excluding steroid dienone is 30. The third kappa shape index (κ3) is 61.2. The van der Waals surface area contributed by atoms with E-state index in [4.69, 9.17) is 14.2 Å². The lowest BCUT2D eigenvalue weighted by atomic mass is 10.1. The first kappa shape index (κ1) is 71.5. The zero-order valence-corrected chi connectivity index (χ0v) is 48.9. The van der Waals surface area contributed by atoms with Gasteiger partial charge >= 0.3 is 17.9 Å². The van der Waals surface area contributed by atoms with E-state index in [0.717, 1.165) is 135 Å². The lowest BCUT2D eigenvalue weighted by Gasteiger charge is -2.18. The van der Waals surface area contributed by atoms with Crippen molar-refractivity contribution >= 4 is 17.9 Å². The van der Waals surface area contributed by atoms with Crippen LogP contribution in [-0.4, -0.2) is 37.2 Å². The van der Waals surface area contributed by atoms with E-state index in [9.17, 15) is 14.4 Å². The third-order valence-electron chi connectivity index (χ3n) is 11.9. The van der Waals surface area contributed by atoms with Gasteiger partial charge in [0, 0.05) is 19.3 Å². The molecule has 0 heterocycles. The minimum absolute atomic E-state index is 0.131. The van der Waals surface area contributed by atoms with E-state index >= 15 is 0 Å². The minimum atomic E-state index is -0.844. The zero-order chi connectivity index (χ0) is 55.7. The predicted molar refractivity (Wildman–Crippen MR) is 334 cm³/mol. The Morgan fingerprint density at radius 3 is 0.831 bits per heavy atom. The van der Waals surface area contributed by atoms with Gasteiger partial charge in [-0.2, -0.15) is 0 Å². The minimum Gasteiger partial charge on any atom is -0.462 e. The summed E-state index contributed by atoms with van der Waals surface area (Å²) in [5.74, 6) is -1.08. The molecule has 0 aliphatic carbocycles. The Labute approximate surface area is 472 Å². The molecule has 0 N–H and O–H groups in total. The van der Waals surface area contributed by atoms with Crippen molar-refractivity contribution in [1.29, 1.82) is 0 Å². The van der Waals surface area contributed by atoms with Gasteiger partial charge in [0.05, 0.1) is 0 Å². The number of esters is 3. The van der Waals surface area contributed by atoms with Crippen molar-refractivity contribution in [2.24, 2.45) is 0 Å². The lowest BCUT2D eigenvalue weighted by Crippen LogP contribution is -2.30. The molecule has 77 heavy (non-hydrogen) atoms. The number of unbranched alkanes of at least 4 members (excludes halogenated alkanes) is 11. The number of hydrogen-bond donors (Lipinski definition) is 0. The van der Waals surface area contributed by atoms with Crippen LogP contribution in [0.1, 0.15) is 226 Å². The standard InChI is InChI=1S/C71H108O6/c1-4-7-10-13-16-19-22-25-27-29-31-33-34-35-36-38-39-41-43-46-49-52-55-58-61-64-70(73)76-67-68(66-75-69(72)63-60-57-54-51-48-45-24-21-18-15-12-9-6-3)77-71(74)65-62-59-56-53-50-47-44-42-40-37-32-30-28-26-23-20-17-14-11-8-5-2/h7-12,16-21,25-28,31-33,35-37,42,44-45,48,50,53-54,57,68H,4-6,13-15,22-24,29-30,34,38-41,43,46-47,49,51-52,55-56,58-67H2,1-3H3/b10-7-,11-8-,12-9-,19-16-,20-17-,21-18-,27-25-,28-26-,33-31-,36-35-,37-32-,44-42-,48-45-,53-50-,57-54-. The van der Waals surface area contributed by atoms with Crippen LogP contribution in [0.3, 0.4) is 0 Å². The SMILES string of the molecule is CC/C=C\C/C=C\C/C=C\C/C=C\C/C=C\C/C=C\CCCCC(=O)OC(COC(=O)CC/C=C\C/C=C\C/C=C\C/C=C\CC)COC(=O)CCCCCCCCCCC/C=C\C/C=C\C/C=C\C/C=C\C/C=C\CC. The van der Waals surface area contributed by atoms with E-state index in [-0.39, 0.29) is 44.0 Å². The van der Waals surface area contributed by atoms with E-state index in [1.165, 1.54) is 38.5 Å². The average Bonchev–Trinajstić information content (AvgIpc) is 3.43. The van der Waals surface area contributed by atoms with Crippen molar-refractivity contribution in [3.05, 3.63) is 182 Å². The van der Waals surface area contributed by atoms with Crippen LogP contribution in [-0.2, 0) is 28.6 Å². The average molecular weight is 1060 g/mol. The van der Waals surface area contributed by atoms with Crippen molar-refractivity contribution in [3.63, 3.8) is 0 Å². The summed E-state index contributed by atoms with van der Waals surface area (Å²) in [6.07, 6.45) is 94.8. The molecular formula is C71H108O6. The number of rotatable bonds is 52. The molecule has 0 fully saturated rings. The highest BCUT2D eigenvalue weighted by Gasteiger charge is 2.19. The highest BCUT2D eigenvalue weighted by atomic mass is 16.6. The molecule has 6 heteroatoms. The summed E-state index contributed by atoms with van der Waals surface area (Å²) in [7, 11) is 0. The second-order valence-electron chi connectivity index (χ2n) is 19.1. The smallest absolute Gasteiger partial charge is 0.306 e. The van der Waals surface area contributed by atoms with Crippen LogP contribution in [0.25, 0.3) is 0 Å². The maximum atomic E-state index is 12.9. The predicted octanol–water partition coefficient (Wildman–Crippen LogP) is 20.9. The Morgan fingerprint density at radius 2 is 0.494 bits per heavy atom. The third-order valence-corrected chi connectivity index (χ3v) is 11.9. The summed E-state index contributed by atoms with van der Waals surface area (Å²) in [4.78, 5) is 38.2. The van der Waals surface area contributed by atoms with Crippen LogP contribution in [0.4, 0.5) is 0 Å². The van der Waals surface area contributed by atoms with E-state index in [1.54, 1.807) is 0 Å². The zero-order valence-electron chi connectivity index (χ0n) is 48.9. The van der Waals surface area contributed by atoms with Crippen molar-refractivity contribution in [3.8, 4) is 0 Å². The molecule has 428 valence electrons. The molecule has 0 aromatic carbocycles. The summed E-state index contributed by atoms with van der Waals surface area (Å²) in [5.41, 5.74) is 0. The summed E-state index contributed by atoms with van der Waals surface area (Å²) in [5, 5.41) is 0. The monoisotopic (exact) mass is 1060 g/mol. The summed E-state index contributed by atoms with van der Waals surface area (Å²) in [6.45, 7) is 6.17. The second kappa shape index (κ2) is 63.0. The molecule has 0 spiro atoms. The van der Waals surface area contributed by atoms with Crippen LogP contribution < -0.4 is 0 Å². The normalized spacial score (nSPS) is 13.4. The Hall–Kier alpha value is -5.49. The molecule has 0 amide bonds. The molecule has 0 aromatic heterocycles. The molecule has 0 rings (SSSR count). The Bertz CT molecular complexity index is 1840. The van der Waals surface area contributed by atoms with Gasteiger partial charge in [-0.05, 0) is 141 Å². The van der Waals surface area contributed by atoms with Crippen molar-refractivity contribution in [1.82, 2.24) is 0 Å². The largest absolute Gasteiger partial charge is 0.462 e. The molecule has 1 unspecified atom stereocenters. The second-order valence-corrected chi connectivity index (χ2v) is 19.1. The Morgan fingerprint density at radius 1 is 0.260 bits per heavy atom. The molecule has 0 aromatic rings. The summed E-state index contributed by atoms with van der Waals surface area (Å²) >= 11 is 0. The van der Waals surface area contributed by atoms with Gasteiger partial charge in [-0.3, -0.25) is 14.4 Å². The van der Waals surface area contributed by atoms with Crippen molar-refractivity contribution < 1.29 is 28.6 Å². The van der Waals surface area contributed by atoms with Gasteiger partial charge < -0.3 is 14.2 Å². The number of ether oxygens (including phenoxy) is 3. The highest BCUT2D eigenvalue weighted by molar-refractivity contribution is 5.71. The van der Waals surface area contributed by atoms with Crippen LogP contribution in [0.5, 0.6) is 0 Å². The fourth-order valence-corrected chi connectivity index (χ4v) is 7.48. The molecule has 0 saturated heterocycles. The molecule has 0 saturated carbocycles. The topological polar surface area (TPSA) is 78.9 Å². The lowest BCUT2D eigenvalue weighted by molar-refractivity contribution is -0.166. The first-order chi connectivity index (χ1) is 38.0. The number of carbonyl (C=O) groups excluding carboxylic acids is 3. The van der Waals surface area contributed by atoms with E-state index in [0.29, 0.717) is 19.3 Å². The molecule has 0 bridgehead atoms. The number of carbonyl (C=O) groups is 3. The maximum absolute atomic E-state index is 12.9. The fourth-order valence-electron chi connectivity index (χ4n) is 7.48. The van der Waals surface area contributed by atoms with Crippen LogP contribution in [0.2, 0.25) is 0 Å². The Balaban J connectivity index is 4.51. The molecule has 0 aliphatic rings. The van der Waals surface area contributed by atoms with Gasteiger partial charge in [0.2, 0.25) is 0 Å². The van der Waals surface area contributed by atoms with E-state index in [2.05, 4.69) is 191 Å². The quantitative estimate of drug-likeness (QED) is 0.0261. The first-order valence-electron chi connectivity index (χ1n) is 30.3. The molecule has 6 nitrogen and oxygen atoms in total. The Kier molecular flexibility index (Phi) is 58.6. The fraction of sp³-hybridized carbons (Fsp3) is 0.535. The first-order valence-corrected chi connectivity index (χ1v) is 30.3. The highest BCUT2D eigenvalue weighted by Crippen LogP contribution is 2.13. The maximum Gasteiger partial charge on any atom is 0.306 e. The van der Waals surface area contributed by atoms with Gasteiger partial charge in [0.1, 0.15) is 13.2 Å². The van der Waals surface area contributed by atoms with Gasteiger partial charge in [-0.25, -0.2) is 0 Å². The van der Waals surface area contributed by atoms with Crippen LogP contribution >= 0.6 is 0 Å². The van der Waals surface area contributed by atoms with E-state index < -0.39 is 6.10 Å². The summed E-state index contributed by atoms with van der Waals surface area (Å²) in [6, 6.07) is 0. The molecule has 1 atom stereocenters. The van der Waals surface area contributed by atoms with Gasteiger partial charge in [-0.1, -0.05) is 248 Å². The van der Waals surface area contributed by atoms with E-state index in [1.807, 2.05) is 12.2 Å². The number of hydrogen-bond acceptors (Lipinski definition) is 6. The van der Waals surface area contributed by atoms with Gasteiger partial charge in [-0.15, -0.1) is 0 Å². The molecule has 0 aliphatic heterocycles. The van der Waals surface area contributed by atoms with Crippen LogP contribution in [0, 0.1) is 0 Å². The van der Waals surface area contributed by atoms with Gasteiger partial charge in [0.15, 0.2) is 6.10 Å². The van der Waals surface area contributed by atoms with Crippen molar-refractivity contribution in [2.75, 3.05) is 13.2 Å².